The fraction of sp³-hybridized carbons (Fsp3) is 0.188. The third-order valence-corrected chi connectivity index (χ3v) is 3.55. The van der Waals surface area contributed by atoms with Crippen LogP contribution in [0.1, 0.15) is 15.9 Å². The number of hydrogen-bond donors (Lipinski definition) is 1. The minimum atomic E-state index is -0.512. The second-order valence-corrected chi connectivity index (χ2v) is 5.23. The van der Waals surface area contributed by atoms with Gasteiger partial charge in [0, 0.05) is 22.7 Å². The largest absolute Gasteiger partial charge is 0.492 e. The minimum Gasteiger partial charge on any atom is -0.492 e. The molecule has 0 aliphatic carbocycles. The van der Waals surface area contributed by atoms with Crippen LogP contribution in [0.15, 0.2) is 42.5 Å². The Labute approximate surface area is 138 Å². The Morgan fingerprint density at radius 2 is 1.96 bits per heavy atom. The van der Waals surface area contributed by atoms with Gasteiger partial charge in [-0.3, -0.25) is 14.9 Å². The zero-order valence-corrected chi connectivity index (χ0v) is 13.2. The van der Waals surface area contributed by atoms with Crippen LogP contribution in [0.2, 0.25) is 5.02 Å². The number of non-ortho nitro benzene ring substituents is 1. The molecule has 0 aliphatic rings. The molecular formula is C16H15ClN2O4. The van der Waals surface area contributed by atoms with E-state index in [1.54, 1.807) is 12.1 Å². The summed E-state index contributed by atoms with van der Waals surface area (Å²) in [5.41, 5.74) is 1.26. The quantitative estimate of drug-likeness (QED) is 0.499. The van der Waals surface area contributed by atoms with Crippen molar-refractivity contribution in [3.8, 4) is 5.75 Å². The number of benzene rings is 2. The first-order valence-corrected chi connectivity index (χ1v) is 7.27. The number of amides is 1. The Kier molecular flexibility index (Phi) is 5.54. The molecule has 0 bridgehead atoms. The summed E-state index contributed by atoms with van der Waals surface area (Å²) in [6, 6.07) is 10.8. The van der Waals surface area contributed by atoms with Gasteiger partial charge in [-0.1, -0.05) is 17.7 Å². The first-order valence-electron chi connectivity index (χ1n) is 6.89. The monoisotopic (exact) mass is 334 g/mol. The van der Waals surface area contributed by atoms with Gasteiger partial charge in [0.05, 0.1) is 11.5 Å². The minimum absolute atomic E-state index is 0.0545. The Hall–Kier alpha value is -2.60. The Balaban J connectivity index is 1.80. The van der Waals surface area contributed by atoms with E-state index in [4.69, 9.17) is 16.3 Å². The van der Waals surface area contributed by atoms with Gasteiger partial charge in [0.1, 0.15) is 12.4 Å². The average Bonchev–Trinajstić information content (AvgIpc) is 2.54. The summed E-state index contributed by atoms with van der Waals surface area (Å²) in [7, 11) is 0. The van der Waals surface area contributed by atoms with Crippen LogP contribution in [-0.2, 0) is 0 Å². The van der Waals surface area contributed by atoms with E-state index in [9.17, 15) is 14.9 Å². The van der Waals surface area contributed by atoms with Crippen molar-refractivity contribution in [1.29, 1.82) is 0 Å². The number of ether oxygens (including phenoxy) is 1. The molecule has 0 radical (unpaired) electrons. The van der Waals surface area contributed by atoms with Crippen molar-refractivity contribution in [1.82, 2.24) is 5.32 Å². The average molecular weight is 335 g/mol. The van der Waals surface area contributed by atoms with E-state index < -0.39 is 4.92 Å². The molecule has 0 spiro atoms. The molecule has 2 aromatic rings. The van der Waals surface area contributed by atoms with Gasteiger partial charge in [0.15, 0.2) is 0 Å². The van der Waals surface area contributed by atoms with E-state index in [1.807, 2.05) is 13.0 Å². The first-order chi connectivity index (χ1) is 11.0. The number of nitrogens with zero attached hydrogens (tertiary/aromatic N) is 1. The van der Waals surface area contributed by atoms with Gasteiger partial charge in [0.25, 0.3) is 11.6 Å². The van der Waals surface area contributed by atoms with Crippen molar-refractivity contribution in [3.05, 3.63) is 68.7 Å². The molecule has 0 aromatic heterocycles. The topological polar surface area (TPSA) is 81.5 Å². The van der Waals surface area contributed by atoms with Crippen molar-refractivity contribution < 1.29 is 14.5 Å². The van der Waals surface area contributed by atoms with Crippen LogP contribution < -0.4 is 10.1 Å². The van der Waals surface area contributed by atoms with Crippen LogP contribution in [0.4, 0.5) is 5.69 Å². The van der Waals surface area contributed by atoms with Crippen LogP contribution in [-0.4, -0.2) is 24.0 Å². The van der Waals surface area contributed by atoms with Crippen molar-refractivity contribution in [3.63, 3.8) is 0 Å². The zero-order chi connectivity index (χ0) is 16.8. The van der Waals surface area contributed by atoms with Crippen LogP contribution in [0.3, 0.4) is 0 Å². The lowest BCUT2D eigenvalue weighted by Crippen LogP contribution is -2.28. The highest BCUT2D eigenvalue weighted by Crippen LogP contribution is 2.21. The lowest BCUT2D eigenvalue weighted by atomic mass is 10.2. The van der Waals surface area contributed by atoms with Crippen molar-refractivity contribution >= 4 is 23.2 Å². The van der Waals surface area contributed by atoms with Crippen LogP contribution in [0, 0.1) is 17.0 Å². The number of nitro benzene ring substituents is 1. The fourth-order valence-corrected chi connectivity index (χ4v) is 2.00. The van der Waals surface area contributed by atoms with Crippen LogP contribution in [0.5, 0.6) is 5.75 Å². The van der Waals surface area contributed by atoms with Gasteiger partial charge in [-0.2, -0.15) is 0 Å². The van der Waals surface area contributed by atoms with Gasteiger partial charge in [-0.15, -0.1) is 0 Å². The molecule has 0 fully saturated rings. The molecule has 2 aromatic carbocycles. The number of carbonyl (C=O) groups is 1. The number of rotatable bonds is 6. The van der Waals surface area contributed by atoms with Gasteiger partial charge in [0.2, 0.25) is 0 Å². The van der Waals surface area contributed by atoms with Gasteiger partial charge in [-0.05, 0) is 36.8 Å². The Morgan fingerprint density at radius 3 is 2.57 bits per heavy atom. The van der Waals surface area contributed by atoms with E-state index in [1.165, 1.54) is 24.3 Å². The van der Waals surface area contributed by atoms with Crippen LogP contribution >= 0.6 is 11.6 Å². The van der Waals surface area contributed by atoms with Crippen molar-refractivity contribution in [2.75, 3.05) is 13.2 Å². The third kappa shape index (κ3) is 4.69. The van der Waals surface area contributed by atoms with E-state index in [-0.39, 0.29) is 18.2 Å². The van der Waals surface area contributed by atoms with Crippen molar-refractivity contribution in [2.45, 2.75) is 6.92 Å². The second-order valence-electron chi connectivity index (χ2n) is 4.82. The number of aryl methyl sites for hydroxylation is 1. The number of nitrogens with one attached hydrogen (secondary N) is 1. The normalized spacial score (nSPS) is 10.2. The third-order valence-electron chi connectivity index (χ3n) is 3.14. The maximum Gasteiger partial charge on any atom is 0.269 e. The van der Waals surface area contributed by atoms with Gasteiger partial charge in [-0.25, -0.2) is 0 Å². The maximum absolute atomic E-state index is 11.9. The van der Waals surface area contributed by atoms with Crippen molar-refractivity contribution in [2.24, 2.45) is 0 Å². The fourth-order valence-electron chi connectivity index (χ4n) is 1.83. The number of nitro groups is 1. The highest BCUT2D eigenvalue weighted by Gasteiger charge is 2.09. The standard InChI is InChI=1S/C16H15ClN2O4/c1-11-2-7-14(10-15(11)17)23-9-8-18-16(20)12-3-5-13(6-4-12)19(21)22/h2-7,10H,8-9H2,1H3,(H,18,20). The molecule has 2 rings (SSSR count). The summed E-state index contributed by atoms with van der Waals surface area (Å²) >= 11 is 5.99. The second kappa shape index (κ2) is 7.60. The SMILES string of the molecule is Cc1ccc(OCCNC(=O)c2ccc([N+](=O)[O-])cc2)cc1Cl. The van der Waals surface area contributed by atoms with E-state index in [0.29, 0.717) is 22.9 Å². The number of carbonyl (C=O) groups excluding carboxylic acids is 1. The molecule has 6 nitrogen and oxygen atoms in total. The van der Waals surface area contributed by atoms with Gasteiger partial charge < -0.3 is 10.1 Å². The van der Waals surface area contributed by atoms with E-state index in [0.717, 1.165) is 5.56 Å². The predicted octanol–water partition coefficient (Wildman–Crippen LogP) is 3.37. The summed E-state index contributed by atoms with van der Waals surface area (Å²) in [4.78, 5) is 21.9. The first kappa shape index (κ1) is 16.8. The summed E-state index contributed by atoms with van der Waals surface area (Å²) in [6.07, 6.45) is 0. The lowest BCUT2D eigenvalue weighted by Gasteiger charge is -2.09. The Morgan fingerprint density at radius 1 is 1.26 bits per heavy atom. The lowest BCUT2D eigenvalue weighted by molar-refractivity contribution is -0.384. The number of hydrogen-bond acceptors (Lipinski definition) is 4. The smallest absolute Gasteiger partial charge is 0.269 e. The number of halogens is 1. The molecule has 0 heterocycles. The summed E-state index contributed by atoms with van der Waals surface area (Å²) in [6.45, 7) is 2.50. The highest BCUT2D eigenvalue weighted by atomic mass is 35.5. The summed E-state index contributed by atoms with van der Waals surface area (Å²) < 4.78 is 5.49. The summed E-state index contributed by atoms with van der Waals surface area (Å²) in [5.74, 6) is 0.315. The molecule has 1 amide bonds. The molecule has 0 aliphatic heterocycles. The van der Waals surface area contributed by atoms with E-state index in [2.05, 4.69) is 5.32 Å². The van der Waals surface area contributed by atoms with E-state index >= 15 is 0 Å². The van der Waals surface area contributed by atoms with Gasteiger partial charge >= 0.3 is 0 Å². The molecule has 7 heteroatoms. The molecule has 23 heavy (non-hydrogen) atoms. The summed E-state index contributed by atoms with van der Waals surface area (Å²) in [5, 5.41) is 13.9. The molecule has 0 unspecified atom stereocenters. The Bertz CT molecular complexity index is 717. The molecule has 0 atom stereocenters. The molecular weight excluding hydrogens is 320 g/mol. The molecule has 1 N–H and O–H groups in total. The molecule has 0 saturated heterocycles. The molecule has 120 valence electrons. The van der Waals surface area contributed by atoms with Crippen LogP contribution in [0.25, 0.3) is 0 Å². The highest BCUT2D eigenvalue weighted by molar-refractivity contribution is 6.31. The maximum atomic E-state index is 11.9. The zero-order valence-electron chi connectivity index (χ0n) is 12.4. The molecule has 0 saturated carbocycles. The predicted molar refractivity (Wildman–Crippen MR) is 87.1 cm³/mol.